The molecule has 4 rings (SSSR count). The molecule has 0 aliphatic carbocycles. The first-order valence-electron chi connectivity index (χ1n) is 12.0. The Morgan fingerprint density at radius 2 is 1.97 bits per heavy atom. The van der Waals surface area contributed by atoms with E-state index in [0.717, 1.165) is 29.0 Å². The van der Waals surface area contributed by atoms with Crippen LogP contribution in [0.4, 0.5) is 5.69 Å². The van der Waals surface area contributed by atoms with Crippen molar-refractivity contribution >= 4 is 23.5 Å². The summed E-state index contributed by atoms with van der Waals surface area (Å²) in [6.07, 6.45) is 3.39. The van der Waals surface area contributed by atoms with Gasteiger partial charge in [-0.2, -0.15) is 0 Å². The summed E-state index contributed by atoms with van der Waals surface area (Å²) in [5, 5.41) is 0. The van der Waals surface area contributed by atoms with Crippen LogP contribution in [0, 0.1) is 0 Å². The van der Waals surface area contributed by atoms with Crippen molar-refractivity contribution in [2.75, 3.05) is 18.6 Å². The Balaban J connectivity index is 1.60. The summed E-state index contributed by atoms with van der Waals surface area (Å²) in [6.45, 7) is 8.76. The quantitative estimate of drug-likeness (QED) is 0.378. The van der Waals surface area contributed by atoms with Crippen molar-refractivity contribution in [2.24, 2.45) is 0 Å². The van der Waals surface area contributed by atoms with E-state index in [1.54, 1.807) is 30.2 Å². The normalized spacial score (nSPS) is 16.2. The van der Waals surface area contributed by atoms with Gasteiger partial charge in [0.2, 0.25) is 5.88 Å². The molecule has 1 aromatic heterocycles. The lowest BCUT2D eigenvalue weighted by Crippen LogP contribution is -2.39. The number of anilines is 1. The maximum atomic E-state index is 13.5. The van der Waals surface area contributed by atoms with Gasteiger partial charge < -0.3 is 14.4 Å². The van der Waals surface area contributed by atoms with E-state index in [2.05, 4.69) is 54.7 Å². The van der Waals surface area contributed by atoms with E-state index in [1.165, 1.54) is 5.56 Å². The molecule has 35 heavy (non-hydrogen) atoms. The molecule has 1 aliphatic heterocycles. The average Bonchev–Trinajstić information content (AvgIpc) is 2.87. The summed E-state index contributed by atoms with van der Waals surface area (Å²) >= 11 is 1.59. The average molecular weight is 492 g/mol. The number of pyridine rings is 1. The van der Waals surface area contributed by atoms with Crippen LogP contribution < -0.4 is 19.1 Å². The van der Waals surface area contributed by atoms with Gasteiger partial charge in [0.05, 0.1) is 18.7 Å². The van der Waals surface area contributed by atoms with Crippen molar-refractivity contribution < 1.29 is 14.3 Å². The number of benzene rings is 2. The minimum atomic E-state index is -0.369. The van der Waals surface area contributed by atoms with Crippen LogP contribution in [0.3, 0.4) is 0 Å². The standard InChI is InChI=1S/C28H33N3O3S/c1-6-19-11-13-23(14-12-19)35-30-25-17-28(3,4)34-26-24(25)15-20(18-29-26)27(32)31(7-2)21-9-8-10-22(16-21)33-5/h8-16,18,25,30H,6-7,17H2,1-5H3/t25-/m0/s1. The maximum Gasteiger partial charge on any atom is 0.259 e. The third kappa shape index (κ3) is 5.80. The number of hydrogen-bond donors (Lipinski definition) is 1. The summed E-state index contributed by atoms with van der Waals surface area (Å²) < 4.78 is 15.1. The van der Waals surface area contributed by atoms with Gasteiger partial charge in [0.1, 0.15) is 11.4 Å². The number of amides is 1. The molecule has 2 aromatic carbocycles. The zero-order chi connectivity index (χ0) is 25.0. The number of hydrogen-bond acceptors (Lipinski definition) is 6. The smallest absolute Gasteiger partial charge is 0.259 e. The number of aromatic nitrogens is 1. The lowest BCUT2D eigenvalue weighted by atomic mass is 9.91. The summed E-state index contributed by atoms with van der Waals surface area (Å²) in [7, 11) is 1.62. The molecule has 1 N–H and O–H groups in total. The molecule has 0 radical (unpaired) electrons. The Kier molecular flexibility index (Phi) is 7.67. The SMILES string of the molecule is CCc1ccc(SN[C@H]2CC(C)(C)Oc3ncc(C(=O)N(CC)c4cccc(OC)c4)cc32)cc1. The van der Waals surface area contributed by atoms with E-state index in [-0.39, 0.29) is 17.6 Å². The lowest BCUT2D eigenvalue weighted by Gasteiger charge is -2.37. The zero-order valence-electron chi connectivity index (χ0n) is 21.0. The van der Waals surface area contributed by atoms with Gasteiger partial charge in [-0.3, -0.25) is 9.52 Å². The number of ether oxygens (including phenoxy) is 2. The minimum absolute atomic E-state index is 0.0169. The third-order valence-corrected chi connectivity index (χ3v) is 7.06. The Morgan fingerprint density at radius 3 is 2.66 bits per heavy atom. The van der Waals surface area contributed by atoms with Crippen LogP contribution in [-0.2, 0) is 6.42 Å². The van der Waals surface area contributed by atoms with Crippen LogP contribution in [-0.4, -0.2) is 30.1 Å². The molecule has 184 valence electrons. The van der Waals surface area contributed by atoms with Gasteiger partial charge in [0.15, 0.2) is 0 Å². The van der Waals surface area contributed by atoms with Gasteiger partial charge in [-0.05, 0) is 75.0 Å². The van der Waals surface area contributed by atoms with E-state index in [0.29, 0.717) is 23.7 Å². The number of nitrogens with zero attached hydrogens (tertiary/aromatic N) is 2. The highest BCUT2D eigenvalue weighted by molar-refractivity contribution is 7.97. The first-order valence-corrected chi connectivity index (χ1v) is 12.8. The summed E-state index contributed by atoms with van der Waals surface area (Å²) in [6, 6.07) is 18.0. The van der Waals surface area contributed by atoms with Crippen LogP contribution in [0.1, 0.15) is 61.6 Å². The van der Waals surface area contributed by atoms with Crippen molar-refractivity contribution in [2.45, 2.75) is 57.1 Å². The number of rotatable bonds is 8. The van der Waals surface area contributed by atoms with Crippen molar-refractivity contribution in [1.82, 2.24) is 9.71 Å². The molecular formula is C28H33N3O3S. The second-order valence-electron chi connectivity index (χ2n) is 9.21. The number of aryl methyl sites for hydroxylation is 1. The van der Waals surface area contributed by atoms with Crippen molar-refractivity contribution in [3.63, 3.8) is 0 Å². The van der Waals surface area contributed by atoms with Crippen molar-refractivity contribution in [3.05, 3.63) is 77.5 Å². The fraction of sp³-hybridized carbons (Fsp3) is 0.357. The molecule has 0 saturated carbocycles. The van der Waals surface area contributed by atoms with Crippen LogP contribution in [0.15, 0.2) is 65.7 Å². The molecular weight excluding hydrogens is 458 g/mol. The van der Waals surface area contributed by atoms with E-state index < -0.39 is 0 Å². The summed E-state index contributed by atoms with van der Waals surface area (Å²) in [5.41, 5.74) is 3.16. The Morgan fingerprint density at radius 1 is 1.20 bits per heavy atom. The van der Waals surface area contributed by atoms with Crippen molar-refractivity contribution in [3.8, 4) is 11.6 Å². The van der Waals surface area contributed by atoms with Gasteiger partial charge in [0.25, 0.3) is 5.91 Å². The molecule has 6 nitrogen and oxygen atoms in total. The second-order valence-corrected chi connectivity index (χ2v) is 10.1. The lowest BCUT2D eigenvalue weighted by molar-refractivity contribution is 0.0644. The molecule has 1 atom stereocenters. The van der Waals surface area contributed by atoms with E-state index in [1.807, 2.05) is 37.3 Å². The van der Waals surface area contributed by atoms with Gasteiger partial charge in [-0.1, -0.05) is 25.1 Å². The van der Waals surface area contributed by atoms with Gasteiger partial charge in [-0.15, -0.1) is 0 Å². The van der Waals surface area contributed by atoms with Crippen LogP contribution in [0.5, 0.6) is 11.6 Å². The van der Waals surface area contributed by atoms with Crippen LogP contribution in [0.25, 0.3) is 0 Å². The monoisotopic (exact) mass is 491 g/mol. The Labute approximate surface area is 212 Å². The molecule has 2 heterocycles. The number of methoxy groups -OCH3 is 1. The van der Waals surface area contributed by atoms with Gasteiger partial charge in [-0.25, -0.2) is 4.98 Å². The molecule has 7 heteroatoms. The first-order chi connectivity index (χ1) is 16.8. The number of carbonyl (C=O) groups is 1. The third-order valence-electron chi connectivity index (χ3n) is 6.15. The highest BCUT2D eigenvalue weighted by Gasteiger charge is 2.35. The number of fused-ring (bicyclic) bond motifs is 1. The number of carbonyl (C=O) groups excluding carboxylic acids is 1. The molecule has 0 fully saturated rings. The predicted molar refractivity (Wildman–Crippen MR) is 141 cm³/mol. The summed E-state index contributed by atoms with van der Waals surface area (Å²) in [5.74, 6) is 1.17. The second kappa shape index (κ2) is 10.7. The molecule has 1 aliphatic rings. The molecule has 0 saturated heterocycles. The minimum Gasteiger partial charge on any atom is -0.497 e. The topological polar surface area (TPSA) is 63.7 Å². The van der Waals surface area contributed by atoms with E-state index in [9.17, 15) is 4.79 Å². The zero-order valence-corrected chi connectivity index (χ0v) is 21.8. The highest BCUT2D eigenvalue weighted by Crippen LogP contribution is 2.40. The van der Waals surface area contributed by atoms with E-state index in [4.69, 9.17) is 9.47 Å². The molecule has 1 amide bonds. The largest absolute Gasteiger partial charge is 0.497 e. The fourth-order valence-electron chi connectivity index (χ4n) is 4.24. The predicted octanol–water partition coefficient (Wildman–Crippen LogP) is 6.22. The van der Waals surface area contributed by atoms with Crippen LogP contribution in [0.2, 0.25) is 0 Å². The van der Waals surface area contributed by atoms with E-state index >= 15 is 0 Å². The van der Waals surface area contributed by atoms with Crippen molar-refractivity contribution in [1.29, 1.82) is 0 Å². The Hall–Kier alpha value is -3.03. The highest BCUT2D eigenvalue weighted by atomic mass is 32.2. The fourth-order valence-corrected chi connectivity index (χ4v) is 5.00. The first kappa shape index (κ1) is 25.1. The van der Waals surface area contributed by atoms with Crippen LogP contribution >= 0.6 is 11.9 Å². The molecule has 0 spiro atoms. The maximum absolute atomic E-state index is 13.5. The molecule has 0 bridgehead atoms. The molecule has 3 aromatic rings. The molecule has 0 unspecified atom stereocenters. The number of nitrogens with one attached hydrogen (secondary N) is 1. The van der Waals surface area contributed by atoms with Gasteiger partial charge in [0, 0.05) is 41.4 Å². The summed E-state index contributed by atoms with van der Waals surface area (Å²) in [4.78, 5) is 20.9. The Bertz CT molecular complexity index is 1180. The van der Waals surface area contributed by atoms with Gasteiger partial charge >= 0.3 is 0 Å².